The van der Waals surface area contributed by atoms with E-state index in [9.17, 15) is 9.90 Å². The molecule has 0 bridgehead atoms. The lowest BCUT2D eigenvalue weighted by Crippen LogP contribution is -1.92. The summed E-state index contributed by atoms with van der Waals surface area (Å²) in [6, 6.07) is 3.84. The molecule has 0 radical (unpaired) electrons. The molecule has 2 aromatic heterocycles. The maximum Gasteiger partial charge on any atom is 0.233 e. The molecular weight excluding hydrogens is 230 g/mol. The molecule has 3 nitrogen and oxygen atoms in total. The van der Waals surface area contributed by atoms with Crippen molar-refractivity contribution in [3.63, 3.8) is 0 Å². The summed E-state index contributed by atoms with van der Waals surface area (Å²) >= 11 is 2.79. The molecule has 0 aromatic carbocycles. The highest BCUT2D eigenvalue weighted by molar-refractivity contribution is 7.22. The molecule has 0 unspecified atom stereocenters. The standard InChI is InChI=1S/C10H9NO2S2/c1-2-6(12)8-9(13)11-10(15-8)7-4-3-5-14-7/h3-5,13H,2H2,1H3. The van der Waals surface area contributed by atoms with Crippen LogP contribution in [0.5, 0.6) is 5.88 Å². The Morgan fingerprint density at radius 1 is 1.60 bits per heavy atom. The number of Topliss-reactive ketones (excluding diaryl/α,β-unsaturated/α-hetero) is 1. The van der Waals surface area contributed by atoms with E-state index in [1.807, 2.05) is 17.5 Å². The molecule has 1 N–H and O–H groups in total. The average Bonchev–Trinajstić information content (AvgIpc) is 2.84. The second kappa shape index (κ2) is 4.12. The highest BCUT2D eigenvalue weighted by Gasteiger charge is 2.17. The van der Waals surface area contributed by atoms with Crippen molar-refractivity contribution >= 4 is 28.5 Å². The molecule has 5 heteroatoms. The minimum atomic E-state index is -0.143. The van der Waals surface area contributed by atoms with Gasteiger partial charge in [-0.05, 0) is 11.4 Å². The van der Waals surface area contributed by atoms with E-state index in [0.29, 0.717) is 16.3 Å². The molecule has 0 amide bonds. The van der Waals surface area contributed by atoms with Gasteiger partial charge in [0.15, 0.2) is 5.78 Å². The Bertz CT molecular complexity index is 474. The zero-order valence-corrected chi connectivity index (χ0v) is 9.69. The van der Waals surface area contributed by atoms with Crippen LogP contribution < -0.4 is 0 Å². The summed E-state index contributed by atoms with van der Waals surface area (Å²) < 4.78 is 0. The molecule has 2 heterocycles. The first-order valence-corrected chi connectivity index (χ1v) is 6.19. The normalized spacial score (nSPS) is 10.5. The van der Waals surface area contributed by atoms with E-state index in [2.05, 4.69) is 4.98 Å². The first-order valence-electron chi connectivity index (χ1n) is 4.49. The lowest BCUT2D eigenvalue weighted by molar-refractivity contribution is 0.0989. The number of nitrogens with zero attached hydrogens (tertiary/aromatic N) is 1. The predicted molar refractivity (Wildman–Crippen MR) is 61.7 cm³/mol. The number of thiophene rings is 1. The highest BCUT2D eigenvalue weighted by atomic mass is 32.1. The third kappa shape index (κ3) is 1.93. The van der Waals surface area contributed by atoms with Crippen molar-refractivity contribution in [3.8, 4) is 15.8 Å². The van der Waals surface area contributed by atoms with Gasteiger partial charge < -0.3 is 5.11 Å². The Labute approximate surface area is 95.0 Å². The third-order valence-corrected chi connectivity index (χ3v) is 4.04. The van der Waals surface area contributed by atoms with Crippen LogP contribution in [0.1, 0.15) is 23.0 Å². The number of aromatic hydroxyl groups is 1. The number of aromatic nitrogens is 1. The molecule has 0 aliphatic heterocycles. The summed E-state index contributed by atoms with van der Waals surface area (Å²) in [4.78, 5) is 16.8. The van der Waals surface area contributed by atoms with E-state index < -0.39 is 0 Å². The maximum absolute atomic E-state index is 11.4. The molecule has 0 fully saturated rings. The number of hydrogen-bond donors (Lipinski definition) is 1. The van der Waals surface area contributed by atoms with Crippen LogP contribution in [0, 0.1) is 0 Å². The van der Waals surface area contributed by atoms with Crippen molar-refractivity contribution in [3.05, 3.63) is 22.4 Å². The van der Waals surface area contributed by atoms with E-state index in [4.69, 9.17) is 0 Å². The van der Waals surface area contributed by atoms with Gasteiger partial charge >= 0.3 is 0 Å². The molecule has 0 saturated carbocycles. The number of carbonyl (C=O) groups excluding carboxylic acids is 1. The molecule has 0 aliphatic rings. The highest BCUT2D eigenvalue weighted by Crippen LogP contribution is 2.34. The van der Waals surface area contributed by atoms with Crippen LogP contribution in [0.25, 0.3) is 9.88 Å². The Balaban J connectivity index is 2.41. The fourth-order valence-electron chi connectivity index (χ4n) is 1.16. The number of carbonyl (C=O) groups is 1. The van der Waals surface area contributed by atoms with Gasteiger partial charge in [-0.15, -0.1) is 22.7 Å². The zero-order valence-electron chi connectivity index (χ0n) is 8.06. The van der Waals surface area contributed by atoms with Gasteiger partial charge in [0.25, 0.3) is 0 Å². The summed E-state index contributed by atoms with van der Waals surface area (Å²) in [5.41, 5.74) is 0. The van der Waals surface area contributed by atoms with Crippen molar-refractivity contribution in [1.29, 1.82) is 0 Å². The van der Waals surface area contributed by atoms with Crippen LogP contribution in [-0.2, 0) is 0 Å². The van der Waals surface area contributed by atoms with Crippen molar-refractivity contribution in [1.82, 2.24) is 4.98 Å². The summed E-state index contributed by atoms with van der Waals surface area (Å²) in [6.07, 6.45) is 0.389. The fraction of sp³-hybridized carbons (Fsp3) is 0.200. The van der Waals surface area contributed by atoms with E-state index >= 15 is 0 Å². The van der Waals surface area contributed by atoms with Crippen LogP contribution in [-0.4, -0.2) is 15.9 Å². The second-order valence-corrected chi connectivity index (χ2v) is 4.87. The van der Waals surface area contributed by atoms with Crippen molar-refractivity contribution < 1.29 is 9.90 Å². The quantitative estimate of drug-likeness (QED) is 0.837. The predicted octanol–water partition coefficient (Wildman–Crippen LogP) is 3.17. The monoisotopic (exact) mass is 239 g/mol. The molecule has 78 valence electrons. The fourth-order valence-corrected chi connectivity index (χ4v) is 2.93. The van der Waals surface area contributed by atoms with Gasteiger partial charge in [-0.3, -0.25) is 4.79 Å². The zero-order chi connectivity index (χ0) is 10.8. The molecule has 15 heavy (non-hydrogen) atoms. The van der Waals surface area contributed by atoms with Crippen LogP contribution >= 0.6 is 22.7 Å². The largest absolute Gasteiger partial charge is 0.492 e. The lowest BCUT2D eigenvalue weighted by atomic mass is 10.3. The van der Waals surface area contributed by atoms with Crippen molar-refractivity contribution in [2.45, 2.75) is 13.3 Å². The number of rotatable bonds is 3. The van der Waals surface area contributed by atoms with Gasteiger partial charge in [0.1, 0.15) is 9.88 Å². The molecule has 2 aromatic rings. The minimum absolute atomic E-state index is 0.0622. The summed E-state index contributed by atoms with van der Waals surface area (Å²) in [7, 11) is 0. The first-order chi connectivity index (χ1) is 7.22. The van der Waals surface area contributed by atoms with E-state index in [0.717, 1.165) is 4.88 Å². The van der Waals surface area contributed by atoms with Crippen molar-refractivity contribution in [2.75, 3.05) is 0 Å². The van der Waals surface area contributed by atoms with Gasteiger partial charge in [0.2, 0.25) is 5.88 Å². The van der Waals surface area contributed by atoms with Crippen LogP contribution in [0.15, 0.2) is 17.5 Å². The van der Waals surface area contributed by atoms with Crippen LogP contribution in [0.3, 0.4) is 0 Å². The summed E-state index contributed by atoms with van der Waals surface area (Å²) in [5, 5.41) is 12.2. The molecule has 0 spiro atoms. The maximum atomic E-state index is 11.4. The van der Waals surface area contributed by atoms with Gasteiger partial charge in [-0.2, -0.15) is 0 Å². The van der Waals surface area contributed by atoms with Crippen LogP contribution in [0.4, 0.5) is 0 Å². The number of ketones is 1. The van der Waals surface area contributed by atoms with Crippen molar-refractivity contribution in [2.24, 2.45) is 0 Å². The molecule has 0 atom stereocenters. The SMILES string of the molecule is CCC(=O)c1sc(-c2cccs2)nc1O. The minimum Gasteiger partial charge on any atom is -0.492 e. The number of hydrogen-bond acceptors (Lipinski definition) is 5. The average molecular weight is 239 g/mol. The van der Waals surface area contributed by atoms with Crippen LogP contribution in [0.2, 0.25) is 0 Å². The summed E-state index contributed by atoms with van der Waals surface area (Å²) in [5.74, 6) is -0.206. The topological polar surface area (TPSA) is 50.2 Å². The Morgan fingerprint density at radius 2 is 2.40 bits per heavy atom. The van der Waals surface area contributed by atoms with E-state index in [-0.39, 0.29) is 11.7 Å². The molecular formula is C10H9NO2S2. The summed E-state index contributed by atoms with van der Waals surface area (Å²) in [6.45, 7) is 1.77. The van der Waals surface area contributed by atoms with E-state index in [1.54, 1.807) is 18.3 Å². The smallest absolute Gasteiger partial charge is 0.233 e. The molecule has 2 rings (SSSR count). The Hall–Kier alpha value is -1.20. The Kier molecular flexibility index (Phi) is 2.83. The first kappa shape index (κ1) is 10.3. The Morgan fingerprint density at radius 3 is 3.00 bits per heavy atom. The van der Waals surface area contributed by atoms with Gasteiger partial charge in [0, 0.05) is 6.42 Å². The molecule has 0 aliphatic carbocycles. The third-order valence-electron chi connectivity index (χ3n) is 1.92. The molecule has 0 saturated heterocycles. The lowest BCUT2D eigenvalue weighted by Gasteiger charge is -1.89. The number of thiazole rings is 1. The van der Waals surface area contributed by atoms with Gasteiger partial charge in [0.05, 0.1) is 4.88 Å². The van der Waals surface area contributed by atoms with Gasteiger partial charge in [-0.1, -0.05) is 13.0 Å². The van der Waals surface area contributed by atoms with Gasteiger partial charge in [-0.25, -0.2) is 4.98 Å². The van der Waals surface area contributed by atoms with E-state index in [1.165, 1.54) is 11.3 Å². The second-order valence-electron chi connectivity index (χ2n) is 2.93.